The molecule has 12 nitrogen and oxygen atoms in total. The molecule has 1 saturated heterocycles. The van der Waals surface area contributed by atoms with E-state index < -0.39 is 11.9 Å². The Labute approximate surface area is 284 Å². The molecule has 3 aromatic carbocycles. The van der Waals surface area contributed by atoms with Crippen LogP contribution in [0, 0.1) is 6.92 Å². The minimum Gasteiger partial charge on any atom is -0.495 e. The van der Waals surface area contributed by atoms with Crippen molar-refractivity contribution in [2.45, 2.75) is 26.2 Å². The number of carbonyl (C=O) groups excluding carboxylic acids is 3. The van der Waals surface area contributed by atoms with Crippen LogP contribution >= 0.6 is 0 Å². The van der Waals surface area contributed by atoms with Gasteiger partial charge in [0.1, 0.15) is 23.1 Å². The predicted molar refractivity (Wildman–Crippen MR) is 188 cm³/mol. The smallest absolute Gasteiger partial charge is 0.352 e. The molecule has 1 aliphatic heterocycles. The van der Waals surface area contributed by atoms with Gasteiger partial charge in [0.2, 0.25) is 0 Å². The number of carboxylic acids is 1. The molecule has 0 spiro atoms. The summed E-state index contributed by atoms with van der Waals surface area (Å²) >= 11 is 0. The highest BCUT2D eigenvalue weighted by atomic mass is 16.5. The topological polar surface area (TPSA) is 145 Å². The Morgan fingerprint density at radius 1 is 1.00 bits per heavy atom. The van der Waals surface area contributed by atoms with E-state index >= 15 is 0 Å². The highest BCUT2D eigenvalue weighted by molar-refractivity contribution is 6.14. The van der Waals surface area contributed by atoms with E-state index in [1.807, 2.05) is 25.1 Å². The number of H-pyrrole nitrogens is 1. The number of anilines is 2. The number of methoxy groups -OCH3 is 1. The Bertz CT molecular complexity index is 1900. The number of ether oxygens (including phenoxy) is 2. The Hall–Kier alpha value is -5.58. The van der Waals surface area contributed by atoms with Crippen LogP contribution in [0.5, 0.6) is 11.5 Å². The van der Waals surface area contributed by atoms with E-state index in [0.29, 0.717) is 52.3 Å². The van der Waals surface area contributed by atoms with Gasteiger partial charge in [0.15, 0.2) is 0 Å². The standard InChI is InChI=1S/C37H41N5O7/c1-24-11-14-32(34(20-24)49-19-6-5-8-26(23-43)42-17-15-40(2)16-18-42)41(3)36(45)25-12-13-30(33(21-25)48-4)39-35(44)27-9-7-10-29-28(27)22-31(38-29)37(46)47/h7,9-14,20-22,38H,5-6,8,15-19H2,1-4H3,(H,39,44)(H,46,47). The average Bonchev–Trinajstić information content (AvgIpc) is 3.55. The van der Waals surface area contributed by atoms with Crippen molar-refractivity contribution in [1.29, 1.82) is 0 Å². The lowest BCUT2D eigenvalue weighted by molar-refractivity contribution is 0.0691. The number of aromatic nitrogens is 1. The molecular weight excluding hydrogens is 626 g/mol. The van der Waals surface area contributed by atoms with E-state index in [1.54, 1.807) is 43.4 Å². The zero-order valence-corrected chi connectivity index (χ0v) is 28.2. The molecule has 4 aromatic rings. The third-order valence-electron chi connectivity index (χ3n) is 8.69. The number of aromatic amines is 1. The number of amides is 2. The number of fused-ring (bicyclic) bond motifs is 1. The van der Waals surface area contributed by atoms with Crippen LogP contribution in [0.1, 0.15) is 56.0 Å². The third kappa shape index (κ3) is 8.11. The summed E-state index contributed by atoms with van der Waals surface area (Å²) in [7, 11) is 5.19. The lowest BCUT2D eigenvalue weighted by atomic mass is 10.1. The van der Waals surface area contributed by atoms with Crippen molar-refractivity contribution in [1.82, 2.24) is 14.8 Å². The molecule has 5 rings (SSSR count). The summed E-state index contributed by atoms with van der Waals surface area (Å²) in [4.78, 5) is 58.7. The normalized spacial score (nSPS) is 13.1. The van der Waals surface area contributed by atoms with E-state index in [-0.39, 0.29) is 22.9 Å². The number of nitrogens with zero attached hydrogens (tertiary/aromatic N) is 3. The van der Waals surface area contributed by atoms with Crippen LogP contribution in [0.3, 0.4) is 0 Å². The average molecular weight is 668 g/mol. The minimum absolute atomic E-state index is 0.0238. The Morgan fingerprint density at radius 2 is 1.78 bits per heavy atom. The van der Waals surface area contributed by atoms with Crippen molar-refractivity contribution in [3.63, 3.8) is 0 Å². The maximum atomic E-state index is 13.7. The maximum Gasteiger partial charge on any atom is 0.352 e. The van der Waals surface area contributed by atoms with Gasteiger partial charge in [-0.15, -0.1) is 0 Å². The summed E-state index contributed by atoms with van der Waals surface area (Å²) in [5.74, 6) is 1.08. The van der Waals surface area contributed by atoms with Gasteiger partial charge < -0.3 is 39.6 Å². The molecule has 1 aromatic heterocycles. The summed E-state index contributed by atoms with van der Waals surface area (Å²) in [6.07, 6.45) is 2.15. The Balaban J connectivity index is 1.23. The number of rotatable bonds is 13. The Kier molecular flexibility index (Phi) is 11.0. The molecule has 49 heavy (non-hydrogen) atoms. The molecule has 1 aliphatic rings. The second-order valence-electron chi connectivity index (χ2n) is 12.1. The monoisotopic (exact) mass is 667 g/mol. The van der Waals surface area contributed by atoms with E-state index in [9.17, 15) is 24.3 Å². The number of aryl methyl sites for hydroxylation is 1. The van der Waals surface area contributed by atoms with Crippen LogP contribution in [0.25, 0.3) is 10.9 Å². The SMILES string of the molecule is COc1cc(C(=O)N(C)c2ccc(C)cc2OCCCCC(=C=O)N2CCN(C)CC2)ccc1NC(=O)c1cccc2[nH]c(C(=O)O)cc12. The van der Waals surface area contributed by atoms with Gasteiger partial charge in [0, 0.05) is 55.3 Å². The molecule has 256 valence electrons. The van der Waals surface area contributed by atoms with Crippen molar-refractivity contribution < 1.29 is 33.8 Å². The van der Waals surface area contributed by atoms with E-state index in [0.717, 1.165) is 44.6 Å². The van der Waals surface area contributed by atoms with Gasteiger partial charge in [-0.2, -0.15) is 0 Å². The minimum atomic E-state index is -1.13. The summed E-state index contributed by atoms with van der Waals surface area (Å²) in [5, 5.41) is 12.6. The largest absolute Gasteiger partial charge is 0.495 e. The zero-order valence-electron chi connectivity index (χ0n) is 28.2. The molecule has 0 saturated carbocycles. The van der Waals surface area contributed by atoms with Crippen molar-refractivity contribution in [2.24, 2.45) is 0 Å². The van der Waals surface area contributed by atoms with Gasteiger partial charge in [0.25, 0.3) is 11.8 Å². The first kappa shape index (κ1) is 34.7. The summed E-state index contributed by atoms with van der Waals surface area (Å²) in [6.45, 7) is 5.88. The van der Waals surface area contributed by atoms with Crippen molar-refractivity contribution in [2.75, 3.05) is 64.2 Å². The van der Waals surface area contributed by atoms with Gasteiger partial charge in [-0.3, -0.25) is 9.59 Å². The molecule has 2 amide bonds. The number of unbranched alkanes of at least 4 members (excludes halogenated alkanes) is 1. The van der Waals surface area contributed by atoms with Gasteiger partial charge in [-0.25, -0.2) is 9.59 Å². The number of carboxylic acid groups (broad SMARTS) is 1. The van der Waals surface area contributed by atoms with E-state index in [2.05, 4.69) is 33.1 Å². The highest BCUT2D eigenvalue weighted by Crippen LogP contribution is 2.32. The molecule has 2 heterocycles. The molecule has 12 heteroatoms. The number of benzene rings is 3. The number of allylic oxidation sites excluding steroid dienone is 1. The summed E-state index contributed by atoms with van der Waals surface area (Å²) < 4.78 is 11.7. The second-order valence-corrected chi connectivity index (χ2v) is 12.1. The molecule has 0 bridgehead atoms. The lowest BCUT2D eigenvalue weighted by Gasteiger charge is -2.34. The van der Waals surface area contributed by atoms with E-state index in [4.69, 9.17) is 9.47 Å². The summed E-state index contributed by atoms with van der Waals surface area (Å²) in [6, 6.07) is 16.8. The first-order chi connectivity index (χ1) is 23.6. The van der Waals surface area contributed by atoms with Crippen molar-refractivity contribution in [3.05, 3.63) is 88.7 Å². The zero-order chi connectivity index (χ0) is 35.1. The lowest BCUT2D eigenvalue weighted by Crippen LogP contribution is -2.44. The molecule has 0 atom stereocenters. The van der Waals surface area contributed by atoms with Crippen molar-refractivity contribution >= 4 is 46.0 Å². The quantitative estimate of drug-likeness (QED) is 0.129. The number of hydrogen-bond donors (Lipinski definition) is 3. The second kappa shape index (κ2) is 15.5. The molecular formula is C37H41N5O7. The maximum absolute atomic E-state index is 13.7. The molecule has 0 unspecified atom stereocenters. The highest BCUT2D eigenvalue weighted by Gasteiger charge is 2.22. The van der Waals surface area contributed by atoms with Crippen molar-refractivity contribution in [3.8, 4) is 11.5 Å². The van der Waals surface area contributed by atoms with Gasteiger partial charge in [-0.1, -0.05) is 12.1 Å². The van der Waals surface area contributed by atoms with Gasteiger partial charge in [-0.05, 0) is 87.3 Å². The fourth-order valence-corrected chi connectivity index (χ4v) is 5.83. The number of carbonyl (C=O) groups is 3. The summed E-state index contributed by atoms with van der Waals surface area (Å²) in [5.41, 5.74) is 3.75. The first-order valence-electron chi connectivity index (χ1n) is 16.1. The van der Waals surface area contributed by atoms with Crippen LogP contribution in [0.4, 0.5) is 11.4 Å². The first-order valence-corrected chi connectivity index (χ1v) is 16.1. The number of aromatic carboxylic acids is 1. The Morgan fingerprint density at radius 3 is 2.49 bits per heavy atom. The van der Waals surface area contributed by atoms with Crippen LogP contribution in [0.2, 0.25) is 0 Å². The molecule has 3 N–H and O–H groups in total. The number of piperazine rings is 1. The number of likely N-dealkylation sites (N-methyl/N-ethyl adjacent to an activating group) is 1. The number of hydrogen-bond acceptors (Lipinski definition) is 8. The molecule has 0 aliphatic carbocycles. The van der Waals surface area contributed by atoms with E-state index in [1.165, 1.54) is 18.1 Å². The number of nitrogens with one attached hydrogen (secondary N) is 2. The molecule has 0 radical (unpaired) electrons. The van der Waals surface area contributed by atoms with Crippen LogP contribution in [-0.2, 0) is 4.79 Å². The predicted octanol–water partition coefficient (Wildman–Crippen LogP) is 5.22. The van der Waals surface area contributed by atoms with Gasteiger partial charge >= 0.3 is 5.97 Å². The molecule has 1 fully saturated rings. The van der Waals surface area contributed by atoms with Gasteiger partial charge in [0.05, 0.1) is 30.8 Å². The van der Waals surface area contributed by atoms with Crippen LogP contribution in [-0.4, -0.2) is 97.6 Å². The third-order valence-corrected chi connectivity index (χ3v) is 8.69. The van der Waals surface area contributed by atoms with Crippen LogP contribution in [0.15, 0.2) is 66.4 Å². The fourth-order valence-electron chi connectivity index (χ4n) is 5.83. The fraction of sp³-hybridized carbons (Fsp3) is 0.324. The van der Waals surface area contributed by atoms with Crippen LogP contribution < -0.4 is 19.7 Å².